The number of rotatable bonds is 6. The lowest BCUT2D eigenvalue weighted by Crippen LogP contribution is -2.48. The predicted molar refractivity (Wildman–Crippen MR) is 135 cm³/mol. The van der Waals surface area contributed by atoms with Crippen LogP contribution in [0.5, 0.6) is 5.75 Å². The molecule has 2 aromatic heterocycles. The molecule has 0 saturated carbocycles. The van der Waals surface area contributed by atoms with E-state index in [1.54, 1.807) is 6.07 Å². The molecule has 0 aliphatic carbocycles. The third kappa shape index (κ3) is 5.19. The minimum absolute atomic E-state index is 0.135. The van der Waals surface area contributed by atoms with E-state index in [4.69, 9.17) is 21.4 Å². The highest BCUT2D eigenvalue weighted by molar-refractivity contribution is 6.33. The highest BCUT2D eigenvalue weighted by Gasteiger charge is 2.41. The number of pyridine rings is 2. The number of carbonyl (C=O) groups is 1. The quantitative estimate of drug-likeness (QED) is 0.423. The van der Waals surface area contributed by atoms with Gasteiger partial charge in [0.2, 0.25) is 0 Å². The highest BCUT2D eigenvalue weighted by Crippen LogP contribution is 2.43. The van der Waals surface area contributed by atoms with Crippen molar-refractivity contribution in [2.45, 2.75) is 24.7 Å². The number of nitrogens with zero attached hydrogens (tertiary/aromatic N) is 4. The molecular weight excluding hydrogens is 527 g/mol. The fourth-order valence-electron chi connectivity index (χ4n) is 4.53. The number of aromatic nitrogens is 2. The number of aliphatic hydroxyl groups excluding tert-OH is 2. The van der Waals surface area contributed by atoms with Gasteiger partial charge in [0.25, 0.3) is 0 Å². The Morgan fingerprint density at radius 2 is 2.08 bits per heavy atom. The van der Waals surface area contributed by atoms with E-state index in [0.29, 0.717) is 36.7 Å². The maximum Gasteiger partial charge on any atom is 0.416 e. The molecule has 2 atom stereocenters. The van der Waals surface area contributed by atoms with Crippen molar-refractivity contribution in [3.05, 3.63) is 59.4 Å². The Morgan fingerprint density at radius 3 is 2.84 bits per heavy atom. The molecule has 200 valence electrons. The molecule has 13 heteroatoms. The van der Waals surface area contributed by atoms with Gasteiger partial charge in [0.05, 0.1) is 52.7 Å². The van der Waals surface area contributed by atoms with Crippen LogP contribution in [-0.4, -0.2) is 64.7 Å². The molecule has 2 amide bonds. The van der Waals surface area contributed by atoms with Crippen molar-refractivity contribution in [1.29, 1.82) is 0 Å². The second-order valence-corrected chi connectivity index (χ2v) is 9.39. The van der Waals surface area contributed by atoms with Gasteiger partial charge in [-0.25, -0.2) is 9.78 Å². The van der Waals surface area contributed by atoms with Gasteiger partial charge in [-0.05, 0) is 24.6 Å². The van der Waals surface area contributed by atoms with Crippen LogP contribution >= 0.6 is 11.6 Å². The standard InChI is InChI=1S/C25H23ClF3N5O4/c26-20-8-21-23(32-22(20)14-2-1-3-15(6-14)25(27,28)29)34(17-4-5-33(21)11-17)24(37)31-16-7-19(10-30-9-16)38-13-18(36)12-35/h1-3,6-10,17-18,35-36H,4-5,11-13H2,(H,31,37)/t17-,18+/m0/s1. The number of ether oxygens (including phenoxy) is 1. The number of hydrogen-bond donors (Lipinski definition) is 3. The fraction of sp³-hybridized carbons (Fsp3) is 0.320. The molecule has 3 aromatic rings. The molecule has 2 aliphatic rings. The summed E-state index contributed by atoms with van der Waals surface area (Å²) in [6.45, 7) is 0.605. The minimum atomic E-state index is -4.53. The van der Waals surface area contributed by atoms with E-state index in [1.165, 1.54) is 35.5 Å². The van der Waals surface area contributed by atoms with Crippen molar-refractivity contribution in [2.75, 3.05) is 41.4 Å². The molecule has 1 aromatic carbocycles. The summed E-state index contributed by atoms with van der Waals surface area (Å²) in [7, 11) is 0. The monoisotopic (exact) mass is 549 g/mol. The van der Waals surface area contributed by atoms with Gasteiger partial charge in [0.1, 0.15) is 18.5 Å². The zero-order chi connectivity index (χ0) is 27.0. The van der Waals surface area contributed by atoms with E-state index in [2.05, 4.69) is 15.3 Å². The average Bonchev–Trinajstić information content (AvgIpc) is 3.31. The van der Waals surface area contributed by atoms with Crippen molar-refractivity contribution >= 4 is 34.8 Å². The van der Waals surface area contributed by atoms with Crippen molar-refractivity contribution in [2.24, 2.45) is 0 Å². The lowest BCUT2D eigenvalue weighted by atomic mass is 10.1. The first kappa shape index (κ1) is 26.0. The van der Waals surface area contributed by atoms with Crippen LogP contribution in [0.1, 0.15) is 12.0 Å². The summed E-state index contributed by atoms with van der Waals surface area (Å²) in [4.78, 5) is 25.7. The molecule has 1 saturated heterocycles. The number of carbonyl (C=O) groups excluding carboxylic acids is 1. The third-order valence-electron chi connectivity index (χ3n) is 6.33. The summed E-state index contributed by atoms with van der Waals surface area (Å²) >= 11 is 6.49. The van der Waals surface area contributed by atoms with Gasteiger partial charge >= 0.3 is 12.2 Å². The molecule has 0 unspecified atom stereocenters. The molecule has 4 heterocycles. The predicted octanol–water partition coefficient (Wildman–Crippen LogP) is 4.18. The lowest BCUT2D eigenvalue weighted by molar-refractivity contribution is -0.137. The first-order valence-corrected chi connectivity index (χ1v) is 12.1. The summed E-state index contributed by atoms with van der Waals surface area (Å²) in [6, 6.07) is 7.16. The number of nitrogens with one attached hydrogen (secondary N) is 1. The Labute approximate surface area is 220 Å². The van der Waals surface area contributed by atoms with Crippen LogP contribution in [0.15, 0.2) is 48.8 Å². The Hall–Kier alpha value is -3.61. The van der Waals surface area contributed by atoms with Crippen LogP contribution in [-0.2, 0) is 6.18 Å². The van der Waals surface area contributed by atoms with Gasteiger partial charge < -0.3 is 25.2 Å². The number of hydrogen-bond acceptors (Lipinski definition) is 7. The number of benzene rings is 1. The van der Waals surface area contributed by atoms with Gasteiger partial charge in [-0.1, -0.05) is 23.7 Å². The molecule has 5 rings (SSSR count). The van der Waals surface area contributed by atoms with Gasteiger partial charge in [-0.2, -0.15) is 13.2 Å². The third-order valence-corrected chi connectivity index (χ3v) is 6.62. The summed E-state index contributed by atoms with van der Waals surface area (Å²) in [5.41, 5.74) is 0.421. The van der Waals surface area contributed by atoms with Crippen molar-refractivity contribution in [1.82, 2.24) is 9.97 Å². The molecular formula is C25H23ClF3N5O4. The molecule has 2 bridgehead atoms. The summed E-state index contributed by atoms with van der Waals surface area (Å²) < 4.78 is 45.3. The van der Waals surface area contributed by atoms with E-state index in [-0.39, 0.29) is 34.7 Å². The molecule has 0 spiro atoms. The number of urea groups is 1. The molecule has 38 heavy (non-hydrogen) atoms. The molecule has 3 N–H and O–H groups in total. The van der Waals surface area contributed by atoms with E-state index in [0.717, 1.165) is 12.1 Å². The van der Waals surface area contributed by atoms with Crippen LogP contribution in [0, 0.1) is 0 Å². The van der Waals surface area contributed by atoms with Crippen LogP contribution in [0.3, 0.4) is 0 Å². The van der Waals surface area contributed by atoms with Gasteiger partial charge in [0, 0.05) is 24.7 Å². The van der Waals surface area contributed by atoms with Crippen molar-refractivity contribution in [3.8, 4) is 17.0 Å². The maximum absolute atomic E-state index is 13.5. The number of alkyl halides is 3. The van der Waals surface area contributed by atoms with Crippen molar-refractivity contribution in [3.63, 3.8) is 0 Å². The second kappa shape index (κ2) is 10.3. The van der Waals surface area contributed by atoms with E-state index in [1.807, 2.05) is 4.90 Å². The Morgan fingerprint density at radius 1 is 1.26 bits per heavy atom. The smallest absolute Gasteiger partial charge is 0.416 e. The number of anilines is 3. The van der Waals surface area contributed by atoms with Gasteiger partial charge in [-0.3, -0.25) is 9.88 Å². The first-order valence-electron chi connectivity index (χ1n) is 11.7. The van der Waals surface area contributed by atoms with E-state index in [9.17, 15) is 23.1 Å². The zero-order valence-corrected chi connectivity index (χ0v) is 20.6. The molecule has 0 radical (unpaired) electrons. The van der Waals surface area contributed by atoms with E-state index >= 15 is 0 Å². The Balaban J connectivity index is 1.46. The van der Waals surface area contributed by atoms with Crippen LogP contribution < -0.4 is 19.9 Å². The lowest BCUT2D eigenvalue weighted by Gasteiger charge is -2.36. The molecule has 2 aliphatic heterocycles. The fourth-order valence-corrected chi connectivity index (χ4v) is 4.78. The molecule has 1 fully saturated rings. The molecule has 9 nitrogen and oxygen atoms in total. The Bertz CT molecular complexity index is 1360. The second-order valence-electron chi connectivity index (χ2n) is 8.99. The number of amides is 2. The summed E-state index contributed by atoms with van der Waals surface area (Å²) in [6.07, 6.45) is -2.11. The number of halogens is 4. The largest absolute Gasteiger partial charge is 0.489 e. The van der Waals surface area contributed by atoms with Crippen molar-refractivity contribution < 1.29 is 32.9 Å². The van der Waals surface area contributed by atoms with Gasteiger partial charge in [0.15, 0.2) is 5.82 Å². The summed E-state index contributed by atoms with van der Waals surface area (Å²) in [5.74, 6) is 0.567. The minimum Gasteiger partial charge on any atom is -0.489 e. The van der Waals surface area contributed by atoms with Gasteiger partial charge in [-0.15, -0.1) is 0 Å². The summed E-state index contributed by atoms with van der Waals surface area (Å²) in [5, 5.41) is 21.4. The SMILES string of the molecule is O=C(Nc1cncc(OC[C@H](O)CO)c1)N1c2nc(-c3cccc(C(F)(F)F)c3)c(Cl)cc2N2CC[C@H]1C2. The normalized spacial score (nSPS) is 17.3. The van der Waals surface area contributed by atoms with Crippen LogP contribution in [0.4, 0.5) is 35.2 Å². The zero-order valence-electron chi connectivity index (χ0n) is 19.8. The topological polar surface area (TPSA) is 111 Å². The first-order chi connectivity index (χ1) is 18.1. The van der Waals surface area contributed by atoms with Crippen LogP contribution in [0.25, 0.3) is 11.3 Å². The highest BCUT2D eigenvalue weighted by atomic mass is 35.5. The Kier molecular flexibility index (Phi) is 7.03. The number of aliphatic hydroxyl groups is 2. The van der Waals surface area contributed by atoms with Crippen LogP contribution in [0.2, 0.25) is 5.02 Å². The van der Waals surface area contributed by atoms with E-state index < -0.39 is 30.5 Å². The average molecular weight is 550 g/mol. The maximum atomic E-state index is 13.5. The number of fused-ring (bicyclic) bond motifs is 4.